The topological polar surface area (TPSA) is 139 Å². The van der Waals surface area contributed by atoms with Gasteiger partial charge in [0.05, 0.1) is 18.3 Å². The maximum absolute atomic E-state index is 13.8. The Labute approximate surface area is 224 Å². The van der Waals surface area contributed by atoms with Crippen LogP contribution in [0.5, 0.6) is 5.75 Å². The maximum Gasteiger partial charge on any atom is 0.271 e. The zero-order valence-corrected chi connectivity index (χ0v) is 23.4. The lowest BCUT2D eigenvalue weighted by Gasteiger charge is -2.34. The monoisotopic (exact) mass is 548 g/mol. The van der Waals surface area contributed by atoms with Gasteiger partial charge in [0.1, 0.15) is 24.0 Å². The van der Waals surface area contributed by atoms with Gasteiger partial charge >= 0.3 is 0 Å². The quantitative estimate of drug-likeness (QED) is 0.299. The van der Waals surface area contributed by atoms with Gasteiger partial charge in [0, 0.05) is 24.7 Å². The summed E-state index contributed by atoms with van der Waals surface area (Å²) in [5, 5.41) is 14.3. The van der Waals surface area contributed by atoms with Crippen molar-refractivity contribution in [2.75, 3.05) is 24.2 Å². The minimum atomic E-state index is -4.10. The molecular weight excluding hydrogens is 512 g/mol. The Morgan fingerprint density at radius 1 is 1.13 bits per heavy atom. The van der Waals surface area contributed by atoms with Crippen molar-refractivity contribution in [3.8, 4) is 5.75 Å². The van der Waals surface area contributed by atoms with E-state index in [1.165, 1.54) is 24.1 Å². The molecule has 0 saturated heterocycles. The molecule has 0 radical (unpaired) electrons. The number of anilines is 1. The van der Waals surface area contributed by atoms with Gasteiger partial charge in [-0.1, -0.05) is 38.1 Å². The number of benzene rings is 2. The van der Waals surface area contributed by atoms with Gasteiger partial charge in [0.15, 0.2) is 0 Å². The van der Waals surface area contributed by atoms with E-state index in [2.05, 4.69) is 5.32 Å². The predicted octanol–water partition coefficient (Wildman–Crippen LogP) is 3.40. The van der Waals surface area contributed by atoms with Crippen LogP contribution in [0.2, 0.25) is 0 Å². The molecule has 1 N–H and O–H groups in total. The molecule has 2 amide bonds. The van der Waals surface area contributed by atoms with Crippen molar-refractivity contribution in [2.45, 2.75) is 59.2 Å². The normalized spacial score (nSPS) is 12.8. The molecule has 208 valence electrons. The van der Waals surface area contributed by atoms with E-state index in [9.17, 15) is 28.1 Å². The molecule has 0 saturated carbocycles. The van der Waals surface area contributed by atoms with Crippen molar-refractivity contribution in [3.05, 3.63) is 63.7 Å². The highest BCUT2D eigenvalue weighted by atomic mass is 32.2. The van der Waals surface area contributed by atoms with E-state index < -0.39 is 33.4 Å². The van der Waals surface area contributed by atoms with E-state index in [1.807, 2.05) is 45.0 Å². The third-order valence-electron chi connectivity index (χ3n) is 6.31. The van der Waals surface area contributed by atoms with E-state index >= 15 is 0 Å². The number of rotatable bonds is 13. The van der Waals surface area contributed by atoms with Crippen LogP contribution in [0.1, 0.15) is 44.7 Å². The van der Waals surface area contributed by atoms with E-state index in [-0.39, 0.29) is 35.6 Å². The number of carbonyl (C=O) groups excluding carboxylic acids is 2. The summed E-state index contributed by atoms with van der Waals surface area (Å²) >= 11 is 0. The van der Waals surface area contributed by atoms with Gasteiger partial charge < -0.3 is 15.0 Å². The standard InChI is InChI=1S/C26H36N4O7S/c1-7-19(4)27-26(32)22(8-2)28(16-20-12-10-9-11-18(20)3)25(31)17-29(38(6,35)36)23-15-21(30(33)34)13-14-24(23)37-5/h9-15,19,22H,7-8,16-17H2,1-6H3,(H,27,32)/t19-,22-/m1/s1. The Morgan fingerprint density at radius 3 is 2.32 bits per heavy atom. The SMILES string of the molecule is CC[C@@H](C)NC(=O)[C@@H](CC)N(Cc1ccccc1C)C(=O)CN(c1cc([N+](=O)[O-])ccc1OC)S(C)(=O)=O. The summed E-state index contributed by atoms with van der Waals surface area (Å²) in [5.41, 5.74) is 1.20. The molecule has 0 fully saturated rings. The molecule has 0 aromatic heterocycles. The van der Waals surface area contributed by atoms with Crippen molar-refractivity contribution in [2.24, 2.45) is 0 Å². The first-order valence-electron chi connectivity index (χ1n) is 12.3. The van der Waals surface area contributed by atoms with Crippen molar-refractivity contribution >= 4 is 33.2 Å². The lowest BCUT2D eigenvalue weighted by Crippen LogP contribution is -2.53. The molecule has 2 aromatic rings. The van der Waals surface area contributed by atoms with Crippen LogP contribution >= 0.6 is 0 Å². The zero-order valence-electron chi connectivity index (χ0n) is 22.6. The first-order chi connectivity index (χ1) is 17.8. The Balaban J connectivity index is 2.58. The molecule has 0 aliphatic heterocycles. The van der Waals surface area contributed by atoms with Crippen LogP contribution in [-0.4, -0.2) is 62.0 Å². The van der Waals surface area contributed by atoms with Gasteiger partial charge in [0.2, 0.25) is 21.8 Å². The molecule has 38 heavy (non-hydrogen) atoms. The molecule has 0 aliphatic rings. The number of hydrogen-bond donors (Lipinski definition) is 1. The molecule has 0 spiro atoms. The third kappa shape index (κ3) is 7.67. The Bertz CT molecular complexity index is 1270. The van der Waals surface area contributed by atoms with Gasteiger partial charge in [-0.05, 0) is 43.9 Å². The molecule has 11 nitrogen and oxygen atoms in total. The van der Waals surface area contributed by atoms with Crippen molar-refractivity contribution in [3.63, 3.8) is 0 Å². The van der Waals surface area contributed by atoms with Crippen LogP contribution < -0.4 is 14.4 Å². The molecule has 2 atom stereocenters. The summed E-state index contributed by atoms with van der Waals surface area (Å²) in [5.74, 6) is -0.943. The number of carbonyl (C=O) groups is 2. The fraction of sp³-hybridized carbons (Fsp3) is 0.462. The van der Waals surface area contributed by atoms with Gasteiger partial charge in [-0.2, -0.15) is 0 Å². The van der Waals surface area contributed by atoms with Gasteiger partial charge in [-0.25, -0.2) is 8.42 Å². The average Bonchev–Trinajstić information content (AvgIpc) is 2.86. The van der Waals surface area contributed by atoms with Gasteiger partial charge in [-0.3, -0.25) is 24.0 Å². The lowest BCUT2D eigenvalue weighted by atomic mass is 10.1. The lowest BCUT2D eigenvalue weighted by molar-refractivity contribution is -0.384. The second kappa shape index (κ2) is 13.2. The summed E-state index contributed by atoms with van der Waals surface area (Å²) < 4.78 is 31.7. The number of aryl methyl sites for hydroxylation is 1. The smallest absolute Gasteiger partial charge is 0.271 e. The molecule has 0 heterocycles. The number of non-ortho nitro benzene ring substituents is 1. The van der Waals surface area contributed by atoms with Crippen LogP contribution in [0.4, 0.5) is 11.4 Å². The second-order valence-corrected chi connectivity index (χ2v) is 11.0. The van der Waals surface area contributed by atoms with Crippen LogP contribution in [0, 0.1) is 17.0 Å². The molecule has 0 unspecified atom stereocenters. The highest BCUT2D eigenvalue weighted by Gasteiger charge is 2.33. The Hall–Kier alpha value is -3.67. The summed E-state index contributed by atoms with van der Waals surface area (Å²) in [4.78, 5) is 39.1. The predicted molar refractivity (Wildman–Crippen MR) is 146 cm³/mol. The number of nitrogens with one attached hydrogen (secondary N) is 1. The molecule has 0 aliphatic carbocycles. The third-order valence-corrected chi connectivity index (χ3v) is 7.44. The van der Waals surface area contributed by atoms with Crippen molar-refractivity contribution in [1.82, 2.24) is 10.2 Å². The van der Waals surface area contributed by atoms with Crippen LogP contribution in [-0.2, 0) is 26.2 Å². The number of ether oxygens (including phenoxy) is 1. The fourth-order valence-electron chi connectivity index (χ4n) is 3.91. The highest BCUT2D eigenvalue weighted by molar-refractivity contribution is 7.92. The van der Waals surface area contributed by atoms with E-state index in [0.717, 1.165) is 27.8 Å². The number of nitro groups is 1. The number of sulfonamides is 1. The number of methoxy groups -OCH3 is 1. The number of amides is 2. The Morgan fingerprint density at radius 2 is 1.79 bits per heavy atom. The maximum atomic E-state index is 13.8. The Kier molecular flexibility index (Phi) is 10.6. The van der Waals surface area contributed by atoms with Gasteiger partial charge in [-0.15, -0.1) is 0 Å². The second-order valence-electron chi connectivity index (χ2n) is 9.07. The molecule has 0 bridgehead atoms. The molecule has 12 heteroatoms. The number of nitrogens with zero attached hydrogens (tertiary/aromatic N) is 3. The van der Waals surface area contributed by atoms with Crippen LogP contribution in [0.3, 0.4) is 0 Å². The van der Waals surface area contributed by atoms with Gasteiger partial charge in [0.25, 0.3) is 5.69 Å². The highest BCUT2D eigenvalue weighted by Crippen LogP contribution is 2.34. The number of hydrogen-bond acceptors (Lipinski definition) is 7. The van der Waals surface area contributed by atoms with Crippen molar-refractivity contribution < 1.29 is 27.7 Å². The van der Waals surface area contributed by atoms with Crippen LogP contribution in [0.25, 0.3) is 0 Å². The van der Waals surface area contributed by atoms with E-state index in [1.54, 1.807) is 6.92 Å². The molecular formula is C26H36N4O7S. The number of nitro benzene ring substituents is 1. The van der Waals surface area contributed by atoms with Crippen molar-refractivity contribution in [1.29, 1.82) is 0 Å². The largest absolute Gasteiger partial charge is 0.495 e. The van der Waals surface area contributed by atoms with Crippen LogP contribution in [0.15, 0.2) is 42.5 Å². The van der Waals surface area contributed by atoms with E-state index in [4.69, 9.17) is 4.74 Å². The van der Waals surface area contributed by atoms with E-state index in [0.29, 0.717) is 12.8 Å². The molecule has 2 aromatic carbocycles. The summed E-state index contributed by atoms with van der Waals surface area (Å²) in [7, 11) is -2.80. The summed E-state index contributed by atoms with van der Waals surface area (Å²) in [6, 6.07) is 9.92. The zero-order chi connectivity index (χ0) is 28.6. The first-order valence-corrected chi connectivity index (χ1v) is 14.1. The first kappa shape index (κ1) is 30.6. The summed E-state index contributed by atoms with van der Waals surface area (Å²) in [6.07, 6.45) is 1.89. The fourth-order valence-corrected chi connectivity index (χ4v) is 4.76. The minimum Gasteiger partial charge on any atom is -0.495 e. The minimum absolute atomic E-state index is 0.0424. The molecule has 2 rings (SSSR count). The summed E-state index contributed by atoms with van der Waals surface area (Å²) in [6.45, 7) is 6.83. The average molecular weight is 549 g/mol.